The average Bonchev–Trinajstić information content (AvgIpc) is 2.37. The molecule has 2 N–H and O–H groups in total. The van der Waals surface area contributed by atoms with Gasteiger partial charge in [0.05, 0.1) is 5.41 Å². The summed E-state index contributed by atoms with van der Waals surface area (Å²) >= 11 is 0. The maximum Gasteiger partial charge on any atom is 0.394 e. The smallest absolute Gasteiger partial charge is 0.394 e. The van der Waals surface area contributed by atoms with Gasteiger partial charge in [-0.05, 0) is 30.9 Å². The molecule has 132 valence electrons. The highest BCUT2D eigenvalue weighted by atomic mass is 19.4. The molecule has 4 rings (SSSR count). The van der Waals surface area contributed by atoms with Crippen molar-refractivity contribution >= 4 is 6.03 Å². The number of amides is 2. The Balaban J connectivity index is 1.46. The summed E-state index contributed by atoms with van der Waals surface area (Å²) in [5.74, 6) is -0.281. The maximum atomic E-state index is 12.7. The monoisotopic (exact) mass is 351 g/mol. The first-order chi connectivity index (χ1) is 11.1. The lowest BCUT2D eigenvalue weighted by atomic mass is 9.39. The van der Waals surface area contributed by atoms with Crippen molar-refractivity contribution in [2.45, 2.75) is 44.1 Å². The summed E-state index contributed by atoms with van der Waals surface area (Å²) in [7, 11) is 0. The fourth-order valence-electron chi connectivity index (χ4n) is 3.40. The lowest BCUT2D eigenvalue weighted by Gasteiger charge is -2.70. The number of pyridine rings is 1. The summed E-state index contributed by atoms with van der Waals surface area (Å²) in [6, 6.07) is 2.14. The molecule has 0 radical (unpaired) electrons. The van der Waals surface area contributed by atoms with Gasteiger partial charge in [0.1, 0.15) is 0 Å². The van der Waals surface area contributed by atoms with Crippen molar-refractivity contribution in [2.75, 3.05) is 0 Å². The van der Waals surface area contributed by atoms with Gasteiger partial charge in [-0.3, -0.25) is 0 Å². The van der Waals surface area contributed by atoms with Crippen molar-refractivity contribution in [3.8, 4) is 5.88 Å². The fraction of sp³-hybridized carbons (Fsp3) is 0.571. The average molecular weight is 351 g/mol. The van der Waals surface area contributed by atoms with Crippen LogP contribution >= 0.6 is 0 Å². The summed E-state index contributed by atoms with van der Waals surface area (Å²) in [5, 5.41) is 5.03. The summed E-state index contributed by atoms with van der Waals surface area (Å²) in [6.07, 6.45) is -3.28. The van der Waals surface area contributed by atoms with Crippen LogP contribution in [0.5, 0.6) is 5.88 Å². The third-order valence-electron chi connectivity index (χ3n) is 4.47. The minimum absolute atomic E-state index is 0.00838. The molecule has 1 aromatic rings. The third-order valence-corrected chi connectivity index (χ3v) is 4.47. The van der Waals surface area contributed by atoms with Gasteiger partial charge in [0.15, 0.2) is 0 Å². The van der Waals surface area contributed by atoms with Crippen LogP contribution in [-0.2, 0) is 6.54 Å². The van der Waals surface area contributed by atoms with Crippen molar-refractivity contribution < 1.29 is 31.5 Å². The second-order valence-electron chi connectivity index (χ2n) is 6.28. The minimum atomic E-state index is -4.23. The van der Waals surface area contributed by atoms with Crippen LogP contribution in [0.3, 0.4) is 0 Å². The molecule has 0 saturated heterocycles. The Hall–Kier alpha value is -2.13. The van der Waals surface area contributed by atoms with Gasteiger partial charge >= 0.3 is 18.8 Å². The number of nitrogens with one attached hydrogen (secondary N) is 2. The molecule has 3 fully saturated rings. The van der Waals surface area contributed by atoms with Crippen LogP contribution in [0.25, 0.3) is 0 Å². The number of hydrogen-bond donors (Lipinski definition) is 2. The number of ether oxygens (including phenoxy) is 1. The predicted octanol–water partition coefficient (Wildman–Crippen LogP) is 2.97. The van der Waals surface area contributed by atoms with E-state index in [0.29, 0.717) is 5.56 Å². The summed E-state index contributed by atoms with van der Waals surface area (Å²) in [5.41, 5.74) is -1.94. The van der Waals surface area contributed by atoms with E-state index >= 15 is 0 Å². The number of carbonyl (C=O) groups is 1. The molecule has 1 heterocycles. The van der Waals surface area contributed by atoms with Gasteiger partial charge in [-0.2, -0.15) is 22.0 Å². The predicted molar refractivity (Wildman–Crippen MR) is 71.3 cm³/mol. The molecule has 2 amide bonds. The van der Waals surface area contributed by atoms with Crippen molar-refractivity contribution in [3.63, 3.8) is 0 Å². The summed E-state index contributed by atoms with van der Waals surface area (Å²) < 4.78 is 66.5. The van der Waals surface area contributed by atoms with Crippen molar-refractivity contribution in [3.05, 3.63) is 23.9 Å². The number of hydrogen-bond acceptors (Lipinski definition) is 3. The van der Waals surface area contributed by atoms with Gasteiger partial charge in [0.2, 0.25) is 5.88 Å². The summed E-state index contributed by atoms with van der Waals surface area (Å²) in [6.45, 7) is -3.00. The van der Waals surface area contributed by atoms with Gasteiger partial charge in [-0.1, -0.05) is 0 Å². The molecule has 0 aliphatic heterocycles. The Morgan fingerprint density at radius 2 is 2.00 bits per heavy atom. The third kappa shape index (κ3) is 2.96. The molecule has 5 nitrogen and oxygen atoms in total. The molecule has 3 saturated carbocycles. The highest BCUT2D eigenvalue weighted by Gasteiger charge is 2.79. The standard InChI is InChI=1S/C14H14F5N3O2/c15-10(16)24-9-3-8(1-2-20-9)4-21-11(23)22-13-5-12(6-13,7-13)14(17,18)19/h1-3,10H,4-7H2,(H2,21,22,23). The number of aromatic nitrogens is 1. The quantitative estimate of drug-likeness (QED) is 0.802. The van der Waals surface area contributed by atoms with Crippen LogP contribution < -0.4 is 15.4 Å². The van der Waals surface area contributed by atoms with Gasteiger partial charge in [-0.25, -0.2) is 9.78 Å². The Morgan fingerprint density at radius 3 is 2.58 bits per heavy atom. The van der Waals surface area contributed by atoms with Crippen LogP contribution in [0, 0.1) is 5.41 Å². The van der Waals surface area contributed by atoms with E-state index < -0.39 is 29.8 Å². The first kappa shape index (κ1) is 16.7. The van der Waals surface area contributed by atoms with Crippen LogP contribution in [-0.4, -0.2) is 29.3 Å². The van der Waals surface area contributed by atoms with Crippen molar-refractivity contribution in [1.82, 2.24) is 15.6 Å². The lowest BCUT2D eigenvalue weighted by molar-refractivity contribution is -0.336. The fourth-order valence-corrected chi connectivity index (χ4v) is 3.40. The zero-order chi connectivity index (χ0) is 17.6. The first-order valence-corrected chi connectivity index (χ1v) is 7.16. The Morgan fingerprint density at radius 1 is 1.33 bits per heavy atom. The number of carbonyl (C=O) groups excluding carboxylic acids is 1. The first-order valence-electron chi connectivity index (χ1n) is 7.16. The Kier molecular flexibility index (Phi) is 3.80. The molecule has 3 aliphatic rings. The summed E-state index contributed by atoms with van der Waals surface area (Å²) in [4.78, 5) is 15.4. The van der Waals surface area contributed by atoms with E-state index in [9.17, 15) is 26.7 Å². The van der Waals surface area contributed by atoms with E-state index in [1.807, 2.05) is 0 Å². The minimum Gasteiger partial charge on any atom is -0.417 e. The second-order valence-corrected chi connectivity index (χ2v) is 6.28. The molecule has 0 unspecified atom stereocenters. The molecular weight excluding hydrogens is 337 g/mol. The second kappa shape index (κ2) is 5.45. The molecule has 0 aromatic carbocycles. The Bertz CT molecular complexity index is 630. The van der Waals surface area contributed by atoms with E-state index in [0.717, 1.165) is 0 Å². The highest BCUT2D eigenvalue weighted by Crippen LogP contribution is 2.73. The van der Waals surface area contributed by atoms with Crippen LogP contribution in [0.1, 0.15) is 24.8 Å². The molecule has 0 spiro atoms. The topological polar surface area (TPSA) is 63.2 Å². The van der Waals surface area contributed by atoms with Crippen LogP contribution in [0.4, 0.5) is 26.7 Å². The molecule has 10 heteroatoms. The number of nitrogens with zero attached hydrogens (tertiary/aromatic N) is 1. The SMILES string of the molecule is O=C(NCc1ccnc(OC(F)F)c1)NC12CC(C(F)(F)F)(C1)C2. The molecule has 24 heavy (non-hydrogen) atoms. The largest absolute Gasteiger partial charge is 0.417 e. The molecule has 1 aromatic heterocycles. The van der Waals surface area contributed by atoms with Gasteiger partial charge in [-0.15, -0.1) is 0 Å². The maximum absolute atomic E-state index is 12.7. The normalized spacial score (nSPS) is 27.9. The zero-order valence-electron chi connectivity index (χ0n) is 12.3. The van der Waals surface area contributed by atoms with E-state index in [4.69, 9.17) is 0 Å². The van der Waals surface area contributed by atoms with Gasteiger partial charge in [0, 0.05) is 24.3 Å². The van der Waals surface area contributed by atoms with Gasteiger partial charge in [0.25, 0.3) is 0 Å². The molecule has 3 aliphatic carbocycles. The zero-order valence-corrected chi connectivity index (χ0v) is 12.3. The van der Waals surface area contributed by atoms with E-state index in [1.54, 1.807) is 0 Å². The molecular formula is C14H14F5N3O2. The lowest BCUT2D eigenvalue weighted by Crippen LogP contribution is -2.79. The van der Waals surface area contributed by atoms with Crippen LogP contribution in [0.2, 0.25) is 0 Å². The molecule has 2 bridgehead atoms. The van der Waals surface area contributed by atoms with Crippen molar-refractivity contribution in [1.29, 1.82) is 0 Å². The van der Waals surface area contributed by atoms with E-state index in [2.05, 4.69) is 20.4 Å². The van der Waals surface area contributed by atoms with Crippen LogP contribution in [0.15, 0.2) is 18.3 Å². The number of halogens is 5. The van der Waals surface area contributed by atoms with Gasteiger partial charge < -0.3 is 15.4 Å². The number of urea groups is 1. The van der Waals surface area contributed by atoms with E-state index in [1.165, 1.54) is 18.3 Å². The van der Waals surface area contributed by atoms with Crippen molar-refractivity contribution in [2.24, 2.45) is 5.41 Å². The Labute approximate surface area is 133 Å². The van der Waals surface area contributed by atoms with E-state index in [-0.39, 0.29) is 31.7 Å². The number of rotatable bonds is 5. The highest BCUT2D eigenvalue weighted by molar-refractivity contribution is 5.75. The number of alkyl halides is 5. The molecule has 0 atom stereocenters.